The van der Waals surface area contributed by atoms with E-state index >= 15 is 0 Å². The average Bonchev–Trinajstić information content (AvgIpc) is 2.84. The fourth-order valence-corrected chi connectivity index (χ4v) is 2.07. The molecule has 1 aromatic carbocycles. The third-order valence-corrected chi connectivity index (χ3v) is 3.29. The number of nitrogens with zero attached hydrogens (tertiary/aromatic N) is 2. The number of ether oxygens (including phenoxy) is 1. The summed E-state index contributed by atoms with van der Waals surface area (Å²) < 4.78 is 7.76. The molecule has 19 heavy (non-hydrogen) atoms. The monoisotopic (exact) mass is 279 g/mol. The predicted octanol–water partition coefficient (Wildman–Crippen LogP) is 3.16. The van der Waals surface area contributed by atoms with Crippen molar-refractivity contribution in [3.63, 3.8) is 0 Å². The second-order valence-corrected chi connectivity index (χ2v) is 4.85. The van der Waals surface area contributed by atoms with Gasteiger partial charge < -0.3 is 15.0 Å². The molecule has 5 heteroatoms. The van der Waals surface area contributed by atoms with Gasteiger partial charge in [0.25, 0.3) is 0 Å². The largest absolute Gasteiger partial charge is 0.486 e. The second-order valence-electron chi connectivity index (χ2n) is 4.44. The van der Waals surface area contributed by atoms with Crippen LogP contribution in [0.5, 0.6) is 5.75 Å². The molecule has 102 valence electrons. The number of aromatic nitrogens is 2. The zero-order valence-corrected chi connectivity index (χ0v) is 11.9. The molecule has 4 nitrogen and oxygen atoms in total. The summed E-state index contributed by atoms with van der Waals surface area (Å²) in [4.78, 5) is 4.10. The van der Waals surface area contributed by atoms with Gasteiger partial charge in [-0.15, -0.1) is 0 Å². The SMILES string of the molecule is CCn1cncc1COc1ccc([C@H](C)N)cc1Cl. The summed E-state index contributed by atoms with van der Waals surface area (Å²) in [5.41, 5.74) is 7.83. The van der Waals surface area contributed by atoms with Crippen LogP contribution in [0.15, 0.2) is 30.7 Å². The third kappa shape index (κ3) is 3.28. The Labute approximate surface area is 118 Å². The van der Waals surface area contributed by atoms with Crippen molar-refractivity contribution in [3.05, 3.63) is 47.0 Å². The summed E-state index contributed by atoms with van der Waals surface area (Å²) in [6.07, 6.45) is 3.59. The van der Waals surface area contributed by atoms with Crippen molar-refractivity contribution in [2.45, 2.75) is 33.0 Å². The molecule has 2 rings (SSSR count). The van der Waals surface area contributed by atoms with Gasteiger partial charge in [-0.1, -0.05) is 17.7 Å². The van der Waals surface area contributed by atoms with E-state index in [4.69, 9.17) is 22.1 Å². The number of hydrogen-bond donors (Lipinski definition) is 1. The first-order valence-electron chi connectivity index (χ1n) is 6.28. The molecule has 0 aliphatic rings. The van der Waals surface area contributed by atoms with Crippen LogP contribution in [-0.2, 0) is 13.2 Å². The van der Waals surface area contributed by atoms with E-state index in [1.165, 1.54) is 0 Å². The highest BCUT2D eigenvalue weighted by atomic mass is 35.5. The number of aryl methyl sites for hydroxylation is 1. The minimum atomic E-state index is -0.0342. The van der Waals surface area contributed by atoms with Gasteiger partial charge in [0.15, 0.2) is 0 Å². The van der Waals surface area contributed by atoms with E-state index in [0.717, 1.165) is 17.8 Å². The lowest BCUT2D eigenvalue weighted by atomic mass is 10.1. The van der Waals surface area contributed by atoms with E-state index in [1.807, 2.05) is 29.7 Å². The Hall–Kier alpha value is -1.52. The van der Waals surface area contributed by atoms with Gasteiger partial charge in [0, 0.05) is 12.6 Å². The predicted molar refractivity (Wildman–Crippen MR) is 76.3 cm³/mol. The van der Waals surface area contributed by atoms with Crippen molar-refractivity contribution in [1.29, 1.82) is 0 Å². The summed E-state index contributed by atoms with van der Waals surface area (Å²) in [7, 11) is 0. The van der Waals surface area contributed by atoms with Crippen LogP contribution in [0.1, 0.15) is 31.1 Å². The van der Waals surface area contributed by atoms with Gasteiger partial charge in [0.05, 0.1) is 23.2 Å². The molecule has 0 spiro atoms. The maximum atomic E-state index is 6.18. The van der Waals surface area contributed by atoms with Crippen LogP contribution >= 0.6 is 11.6 Å². The van der Waals surface area contributed by atoms with Crippen LogP contribution in [-0.4, -0.2) is 9.55 Å². The van der Waals surface area contributed by atoms with Crippen LogP contribution in [0.3, 0.4) is 0 Å². The number of rotatable bonds is 5. The second kappa shape index (κ2) is 6.08. The Morgan fingerprint density at radius 2 is 2.26 bits per heavy atom. The van der Waals surface area contributed by atoms with Gasteiger partial charge >= 0.3 is 0 Å². The Kier molecular flexibility index (Phi) is 4.45. The van der Waals surface area contributed by atoms with E-state index in [0.29, 0.717) is 17.4 Å². The molecule has 0 saturated carbocycles. The maximum Gasteiger partial charge on any atom is 0.138 e. The minimum absolute atomic E-state index is 0.0342. The Bertz CT molecular complexity index is 551. The molecule has 1 atom stereocenters. The van der Waals surface area contributed by atoms with E-state index in [1.54, 1.807) is 12.5 Å². The number of halogens is 1. The normalized spacial score (nSPS) is 12.4. The molecule has 1 heterocycles. The highest BCUT2D eigenvalue weighted by Gasteiger charge is 2.07. The standard InChI is InChI=1S/C14H18ClN3O/c1-3-18-9-17-7-12(18)8-19-14-5-4-11(10(2)16)6-13(14)15/h4-7,9-10H,3,8,16H2,1-2H3/t10-/m0/s1. The van der Waals surface area contributed by atoms with Crippen LogP contribution in [0.2, 0.25) is 5.02 Å². The lowest BCUT2D eigenvalue weighted by Crippen LogP contribution is -2.06. The van der Waals surface area contributed by atoms with Crippen molar-refractivity contribution in [1.82, 2.24) is 9.55 Å². The zero-order chi connectivity index (χ0) is 13.8. The Morgan fingerprint density at radius 3 is 2.89 bits per heavy atom. The van der Waals surface area contributed by atoms with E-state index in [2.05, 4.69) is 11.9 Å². The summed E-state index contributed by atoms with van der Waals surface area (Å²) in [6.45, 7) is 5.31. The first-order chi connectivity index (χ1) is 9.11. The molecule has 0 amide bonds. The lowest BCUT2D eigenvalue weighted by molar-refractivity contribution is 0.295. The number of hydrogen-bond acceptors (Lipinski definition) is 3. The lowest BCUT2D eigenvalue weighted by Gasteiger charge is -2.12. The van der Waals surface area contributed by atoms with Gasteiger partial charge in [-0.25, -0.2) is 4.98 Å². The molecule has 0 aliphatic carbocycles. The minimum Gasteiger partial charge on any atom is -0.486 e. The molecular formula is C14H18ClN3O. The first-order valence-corrected chi connectivity index (χ1v) is 6.66. The van der Waals surface area contributed by atoms with Gasteiger partial charge in [0.1, 0.15) is 12.4 Å². The van der Waals surface area contributed by atoms with Crippen LogP contribution in [0.25, 0.3) is 0 Å². The van der Waals surface area contributed by atoms with Gasteiger partial charge in [-0.05, 0) is 31.5 Å². The third-order valence-electron chi connectivity index (χ3n) is 3.00. The van der Waals surface area contributed by atoms with Gasteiger partial charge in [-0.3, -0.25) is 0 Å². The maximum absolute atomic E-state index is 6.18. The summed E-state index contributed by atoms with van der Waals surface area (Å²) in [5.74, 6) is 0.662. The number of benzene rings is 1. The van der Waals surface area contributed by atoms with Crippen molar-refractivity contribution in [2.75, 3.05) is 0 Å². The molecule has 2 aromatic rings. The summed E-state index contributed by atoms with van der Waals surface area (Å²) in [6, 6.07) is 5.60. The van der Waals surface area contributed by atoms with Gasteiger partial charge in [-0.2, -0.15) is 0 Å². The fourth-order valence-electron chi connectivity index (χ4n) is 1.82. The van der Waals surface area contributed by atoms with Crippen LogP contribution in [0.4, 0.5) is 0 Å². The molecular weight excluding hydrogens is 262 g/mol. The van der Waals surface area contributed by atoms with Crippen LogP contribution in [0, 0.1) is 0 Å². The molecule has 0 radical (unpaired) electrons. The van der Waals surface area contributed by atoms with Gasteiger partial charge in [0.2, 0.25) is 0 Å². The Balaban J connectivity index is 2.08. The highest BCUT2D eigenvalue weighted by Crippen LogP contribution is 2.28. The smallest absolute Gasteiger partial charge is 0.138 e. The highest BCUT2D eigenvalue weighted by molar-refractivity contribution is 6.32. The molecule has 0 bridgehead atoms. The van der Waals surface area contributed by atoms with Crippen molar-refractivity contribution in [3.8, 4) is 5.75 Å². The summed E-state index contributed by atoms with van der Waals surface area (Å²) in [5, 5.41) is 0.581. The van der Waals surface area contributed by atoms with Crippen molar-refractivity contribution < 1.29 is 4.74 Å². The topological polar surface area (TPSA) is 53.1 Å². The van der Waals surface area contributed by atoms with E-state index in [-0.39, 0.29) is 6.04 Å². The quantitative estimate of drug-likeness (QED) is 0.915. The van der Waals surface area contributed by atoms with Crippen molar-refractivity contribution >= 4 is 11.6 Å². The Morgan fingerprint density at radius 1 is 1.47 bits per heavy atom. The van der Waals surface area contributed by atoms with Crippen LogP contribution < -0.4 is 10.5 Å². The molecule has 0 aliphatic heterocycles. The molecule has 2 N–H and O–H groups in total. The van der Waals surface area contributed by atoms with E-state index < -0.39 is 0 Å². The molecule has 0 fully saturated rings. The van der Waals surface area contributed by atoms with E-state index in [9.17, 15) is 0 Å². The molecule has 1 aromatic heterocycles. The number of nitrogens with two attached hydrogens (primary N) is 1. The molecule has 0 saturated heterocycles. The fraction of sp³-hybridized carbons (Fsp3) is 0.357. The first kappa shape index (κ1) is 13.9. The summed E-state index contributed by atoms with van der Waals surface area (Å²) >= 11 is 6.18. The number of imidazole rings is 1. The zero-order valence-electron chi connectivity index (χ0n) is 11.1. The average molecular weight is 280 g/mol. The van der Waals surface area contributed by atoms with Crippen molar-refractivity contribution in [2.24, 2.45) is 5.73 Å². The molecule has 0 unspecified atom stereocenters.